The number of anilines is 3. The maximum Gasteiger partial charge on any atom is 0.143 e. The average molecular weight is 714 g/mol. The van der Waals surface area contributed by atoms with Crippen molar-refractivity contribution in [3.63, 3.8) is 0 Å². The molecule has 0 saturated heterocycles. The molecule has 1 heterocycles. The monoisotopic (exact) mass is 713 g/mol. The minimum atomic E-state index is 0.861. The van der Waals surface area contributed by atoms with Crippen molar-refractivity contribution in [1.29, 1.82) is 0 Å². The number of nitrogens with zero attached hydrogens (tertiary/aromatic N) is 1. The molecule has 0 aliphatic heterocycles. The number of benzene rings is 10. The second kappa shape index (κ2) is 13.2. The van der Waals surface area contributed by atoms with E-state index in [1.807, 2.05) is 0 Å². The van der Waals surface area contributed by atoms with Gasteiger partial charge in [-0.25, -0.2) is 0 Å². The first-order valence-electron chi connectivity index (χ1n) is 19.2. The van der Waals surface area contributed by atoms with Crippen LogP contribution in [-0.2, 0) is 0 Å². The maximum absolute atomic E-state index is 6.75. The van der Waals surface area contributed by atoms with Gasteiger partial charge < -0.3 is 9.32 Å². The zero-order valence-electron chi connectivity index (χ0n) is 30.6. The molecule has 0 aliphatic carbocycles. The van der Waals surface area contributed by atoms with Crippen molar-refractivity contribution < 1.29 is 4.42 Å². The summed E-state index contributed by atoms with van der Waals surface area (Å²) in [7, 11) is 0. The quantitative estimate of drug-likeness (QED) is 0.171. The van der Waals surface area contributed by atoms with E-state index in [0.717, 1.165) is 50.0 Å². The van der Waals surface area contributed by atoms with Crippen LogP contribution in [0, 0.1) is 0 Å². The van der Waals surface area contributed by atoms with Gasteiger partial charge in [0.25, 0.3) is 0 Å². The highest BCUT2D eigenvalue weighted by molar-refractivity contribution is 6.15. The number of para-hydroxylation sites is 1. The van der Waals surface area contributed by atoms with Crippen molar-refractivity contribution in [3.8, 4) is 33.4 Å². The normalized spacial score (nSPS) is 11.6. The molecule has 10 aromatic carbocycles. The number of furan rings is 1. The Labute approximate surface area is 325 Å². The van der Waals surface area contributed by atoms with Crippen LogP contribution in [0.5, 0.6) is 0 Å². The lowest BCUT2D eigenvalue weighted by Gasteiger charge is -2.28. The molecule has 0 spiro atoms. The third-order valence-corrected chi connectivity index (χ3v) is 11.2. The fourth-order valence-corrected chi connectivity index (χ4v) is 8.45. The summed E-state index contributed by atoms with van der Waals surface area (Å²) in [5, 5.41) is 9.41. The van der Waals surface area contributed by atoms with Crippen LogP contribution in [0.15, 0.2) is 217 Å². The second-order valence-corrected chi connectivity index (χ2v) is 14.5. The van der Waals surface area contributed by atoms with Crippen LogP contribution < -0.4 is 4.90 Å². The molecule has 2 nitrogen and oxygen atoms in total. The Hall–Kier alpha value is -7.42. The molecule has 1 aromatic heterocycles. The Morgan fingerprint density at radius 2 is 0.875 bits per heavy atom. The van der Waals surface area contributed by atoms with E-state index in [4.69, 9.17) is 4.42 Å². The summed E-state index contributed by atoms with van der Waals surface area (Å²) in [6, 6.07) is 76.6. The molecule has 11 aromatic rings. The zero-order valence-corrected chi connectivity index (χ0v) is 30.6. The summed E-state index contributed by atoms with van der Waals surface area (Å²) in [4.78, 5) is 2.38. The van der Waals surface area contributed by atoms with E-state index in [9.17, 15) is 0 Å². The fourth-order valence-electron chi connectivity index (χ4n) is 8.45. The van der Waals surface area contributed by atoms with Gasteiger partial charge in [-0.2, -0.15) is 0 Å². The fraction of sp³-hybridized carbons (Fsp3) is 0. The molecule has 11 rings (SSSR count). The lowest BCUT2D eigenvalue weighted by Crippen LogP contribution is -2.11. The van der Waals surface area contributed by atoms with E-state index >= 15 is 0 Å². The largest absolute Gasteiger partial charge is 0.455 e. The van der Waals surface area contributed by atoms with Gasteiger partial charge in [-0.1, -0.05) is 152 Å². The number of hydrogen-bond donors (Lipinski definition) is 0. The molecule has 0 N–H and O–H groups in total. The van der Waals surface area contributed by atoms with Gasteiger partial charge in [0, 0.05) is 39.2 Å². The SMILES string of the molecule is c1ccc(-c2ccc(N(c3ccc4c(c3)oc3c5ccccc5ccc43)c3ccccc3-c3cc4ccccc4cc3-c3ccc4ccccc4c3)cc2)cc1. The van der Waals surface area contributed by atoms with Gasteiger partial charge >= 0.3 is 0 Å². The van der Waals surface area contributed by atoms with E-state index in [1.165, 1.54) is 54.7 Å². The molecular formula is C54H35NO. The molecule has 0 saturated carbocycles. The van der Waals surface area contributed by atoms with Crippen LogP contribution in [-0.4, -0.2) is 0 Å². The van der Waals surface area contributed by atoms with Crippen molar-refractivity contribution in [2.24, 2.45) is 0 Å². The van der Waals surface area contributed by atoms with Gasteiger partial charge in [-0.05, 0) is 109 Å². The Morgan fingerprint density at radius 3 is 1.68 bits per heavy atom. The standard InChI is InChI=1S/C54H35NO/c1-2-12-36(13-3-1)38-24-27-44(28-25-38)55(45-29-31-48-49-30-26-39-15-8-9-19-46(39)54(49)56-53(48)35-45)52-21-11-10-20-47(52)51-34-42-18-7-6-17-41(42)33-50(51)43-23-22-37-14-4-5-16-40(37)32-43/h1-35H. The van der Waals surface area contributed by atoms with E-state index < -0.39 is 0 Å². The van der Waals surface area contributed by atoms with Crippen molar-refractivity contribution in [3.05, 3.63) is 212 Å². The molecule has 0 fully saturated rings. The third kappa shape index (κ3) is 5.42. The van der Waals surface area contributed by atoms with Gasteiger partial charge in [0.1, 0.15) is 11.2 Å². The highest BCUT2D eigenvalue weighted by atomic mass is 16.3. The van der Waals surface area contributed by atoms with Crippen LogP contribution in [0.2, 0.25) is 0 Å². The second-order valence-electron chi connectivity index (χ2n) is 14.5. The van der Waals surface area contributed by atoms with E-state index in [2.05, 4.69) is 217 Å². The highest BCUT2D eigenvalue weighted by Gasteiger charge is 2.21. The number of fused-ring (bicyclic) bond motifs is 7. The first-order valence-corrected chi connectivity index (χ1v) is 19.2. The summed E-state index contributed by atoms with van der Waals surface area (Å²) in [6.07, 6.45) is 0. The molecule has 262 valence electrons. The Bertz CT molecular complexity index is 3250. The van der Waals surface area contributed by atoms with Crippen molar-refractivity contribution in [1.82, 2.24) is 0 Å². The minimum Gasteiger partial charge on any atom is -0.455 e. The number of rotatable bonds is 6. The molecule has 0 atom stereocenters. The van der Waals surface area contributed by atoms with Gasteiger partial charge in [-0.3, -0.25) is 0 Å². The maximum atomic E-state index is 6.75. The lowest BCUT2D eigenvalue weighted by atomic mass is 9.89. The van der Waals surface area contributed by atoms with E-state index in [-0.39, 0.29) is 0 Å². The Morgan fingerprint density at radius 1 is 0.304 bits per heavy atom. The first kappa shape index (κ1) is 32.0. The van der Waals surface area contributed by atoms with E-state index in [1.54, 1.807) is 0 Å². The van der Waals surface area contributed by atoms with Gasteiger partial charge in [-0.15, -0.1) is 0 Å². The summed E-state index contributed by atoms with van der Waals surface area (Å²) in [5.74, 6) is 0. The van der Waals surface area contributed by atoms with Gasteiger partial charge in [0.15, 0.2) is 0 Å². The molecule has 0 aliphatic rings. The van der Waals surface area contributed by atoms with Crippen LogP contribution in [0.4, 0.5) is 17.1 Å². The van der Waals surface area contributed by atoms with Gasteiger partial charge in [0.2, 0.25) is 0 Å². The van der Waals surface area contributed by atoms with Gasteiger partial charge in [0.05, 0.1) is 5.69 Å². The van der Waals surface area contributed by atoms with Crippen LogP contribution >= 0.6 is 0 Å². The summed E-state index contributed by atoms with van der Waals surface area (Å²) < 4.78 is 6.75. The smallest absolute Gasteiger partial charge is 0.143 e. The molecule has 0 radical (unpaired) electrons. The summed E-state index contributed by atoms with van der Waals surface area (Å²) in [5.41, 5.74) is 12.0. The lowest BCUT2D eigenvalue weighted by molar-refractivity contribution is 0.672. The predicted molar refractivity (Wildman–Crippen MR) is 237 cm³/mol. The molecule has 0 bridgehead atoms. The Balaban J connectivity index is 1.14. The summed E-state index contributed by atoms with van der Waals surface area (Å²) in [6.45, 7) is 0. The first-order chi connectivity index (χ1) is 27.7. The van der Waals surface area contributed by atoms with Crippen LogP contribution in [0.1, 0.15) is 0 Å². The topological polar surface area (TPSA) is 16.4 Å². The predicted octanol–water partition coefficient (Wildman–Crippen LogP) is 15.5. The minimum absolute atomic E-state index is 0.861. The average Bonchev–Trinajstić information content (AvgIpc) is 3.65. The Kier molecular flexibility index (Phi) is 7.53. The summed E-state index contributed by atoms with van der Waals surface area (Å²) >= 11 is 0. The van der Waals surface area contributed by atoms with Crippen LogP contribution in [0.3, 0.4) is 0 Å². The molecule has 56 heavy (non-hydrogen) atoms. The molecular weight excluding hydrogens is 679 g/mol. The van der Waals surface area contributed by atoms with Crippen molar-refractivity contribution in [2.75, 3.05) is 4.90 Å². The zero-order chi connectivity index (χ0) is 37.0. The molecule has 2 heteroatoms. The van der Waals surface area contributed by atoms with E-state index in [0.29, 0.717) is 0 Å². The van der Waals surface area contributed by atoms with Crippen molar-refractivity contribution in [2.45, 2.75) is 0 Å². The highest BCUT2D eigenvalue weighted by Crippen LogP contribution is 2.46. The molecule has 0 unspecified atom stereocenters. The molecule has 0 amide bonds. The van der Waals surface area contributed by atoms with Crippen LogP contribution in [0.25, 0.3) is 87.6 Å². The van der Waals surface area contributed by atoms with Crippen molar-refractivity contribution >= 4 is 71.3 Å². The third-order valence-electron chi connectivity index (χ3n) is 11.2. The number of hydrogen-bond acceptors (Lipinski definition) is 2.